The van der Waals surface area contributed by atoms with E-state index >= 15 is 0 Å². The number of halogens is 1. The van der Waals surface area contributed by atoms with Gasteiger partial charge in [0.05, 0.1) is 6.20 Å². The van der Waals surface area contributed by atoms with Crippen molar-refractivity contribution in [1.29, 1.82) is 0 Å². The first-order valence-corrected chi connectivity index (χ1v) is 8.78. The summed E-state index contributed by atoms with van der Waals surface area (Å²) in [6.45, 7) is 0.480. The summed E-state index contributed by atoms with van der Waals surface area (Å²) in [5, 5.41) is 6.59. The van der Waals surface area contributed by atoms with Gasteiger partial charge in [0, 0.05) is 30.0 Å². The number of aromatic nitrogens is 2. The van der Waals surface area contributed by atoms with Crippen LogP contribution in [0.2, 0.25) is 5.02 Å². The quantitative estimate of drug-likeness (QED) is 0.857. The van der Waals surface area contributed by atoms with Crippen LogP contribution in [-0.4, -0.2) is 28.1 Å². The summed E-state index contributed by atoms with van der Waals surface area (Å²) < 4.78 is 5.81. The number of hydrogen-bond donors (Lipinski definition) is 2. The standard InChI is InChI=1S/C18H21ClN4O2/c19-14-3-1-13(2-4-14)11-22-18(24)23-15-5-7-16(8-6-15)25-17-12-20-9-10-21-17/h1-4,9-10,12,15-16H,5-8,11H2,(H2,22,23,24). The van der Waals surface area contributed by atoms with Crippen molar-refractivity contribution in [3.8, 4) is 5.88 Å². The summed E-state index contributed by atoms with van der Waals surface area (Å²) in [7, 11) is 0. The van der Waals surface area contributed by atoms with Gasteiger partial charge in [-0.25, -0.2) is 9.78 Å². The van der Waals surface area contributed by atoms with Crippen LogP contribution in [0.4, 0.5) is 4.79 Å². The molecule has 2 amide bonds. The van der Waals surface area contributed by atoms with E-state index in [0.29, 0.717) is 17.4 Å². The number of urea groups is 1. The molecule has 1 aliphatic rings. The molecule has 1 aliphatic carbocycles. The van der Waals surface area contributed by atoms with Crippen LogP contribution in [0.25, 0.3) is 0 Å². The first kappa shape index (κ1) is 17.5. The van der Waals surface area contributed by atoms with Crippen molar-refractivity contribution in [3.05, 3.63) is 53.4 Å². The Hall–Kier alpha value is -2.34. The molecule has 1 aromatic heterocycles. The average Bonchev–Trinajstić information content (AvgIpc) is 2.64. The fourth-order valence-corrected chi connectivity index (χ4v) is 2.99. The highest BCUT2D eigenvalue weighted by Gasteiger charge is 2.23. The fourth-order valence-electron chi connectivity index (χ4n) is 2.86. The third-order valence-corrected chi connectivity index (χ3v) is 4.45. The van der Waals surface area contributed by atoms with E-state index in [-0.39, 0.29) is 18.2 Å². The molecule has 6 nitrogen and oxygen atoms in total. The Morgan fingerprint density at radius 2 is 1.92 bits per heavy atom. The molecule has 0 spiro atoms. The predicted octanol–water partition coefficient (Wildman–Crippen LogP) is 3.32. The summed E-state index contributed by atoms with van der Waals surface area (Å²) in [6, 6.07) is 7.46. The molecule has 0 bridgehead atoms. The Morgan fingerprint density at radius 1 is 1.16 bits per heavy atom. The van der Waals surface area contributed by atoms with Crippen LogP contribution in [0, 0.1) is 0 Å². The van der Waals surface area contributed by atoms with E-state index in [2.05, 4.69) is 20.6 Å². The molecule has 2 aromatic rings. The lowest BCUT2D eigenvalue weighted by atomic mass is 9.93. The number of carbonyl (C=O) groups excluding carboxylic acids is 1. The maximum absolute atomic E-state index is 12.0. The Bertz CT molecular complexity index is 673. The highest BCUT2D eigenvalue weighted by molar-refractivity contribution is 6.30. The number of nitrogens with one attached hydrogen (secondary N) is 2. The van der Waals surface area contributed by atoms with E-state index in [1.54, 1.807) is 18.6 Å². The van der Waals surface area contributed by atoms with Gasteiger partial charge in [0.25, 0.3) is 0 Å². The summed E-state index contributed by atoms with van der Waals surface area (Å²) in [4.78, 5) is 20.1. The van der Waals surface area contributed by atoms with Gasteiger partial charge in [0.2, 0.25) is 5.88 Å². The maximum Gasteiger partial charge on any atom is 0.315 e. The van der Waals surface area contributed by atoms with Crippen LogP contribution >= 0.6 is 11.6 Å². The lowest BCUT2D eigenvalue weighted by molar-refractivity contribution is 0.134. The van der Waals surface area contributed by atoms with Crippen LogP contribution in [-0.2, 0) is 6.54 Å². The summed E-state index contributed by atoms with van der Waals surface area (Å²) >= 11 is 5.85. The third kappa shape index (κ3) is 5.60. The van der Waals surface area contributed by atoms with Gasteiger partial charge in [-0.2, -0.15) is 0 Å². The number of amides is 2. The van der Waals surface area contributed by atoms with Crippen molar-refractivity contribution in [2.75, 3.05) is 0 Å². The average molecular weight is 361 g/mol. The SMILES string of the molecule is O=C(NCc1ccc(Cl)cc1)NC1CCC(Oc2cnccn2)CC1. The largest absolute Gasteiger partial charge is 0.473 e. The topological polar surface area (TPSA) is 76.1 Å². The number of benzene rings is 1. The second-order valence-electron chi connectivity index (χ2n) is 6.09. The monoisotopic (exact) mass is 360 g/mol. The molecule has 0 saturated heterocycles. The molecule has 25 heavy (non-hydrogen) atoms. The second kappa shape index (κ2) is 8.67. The fraction of sp³-hybridized carbons (Fsp3) is 0.389. The first-order chi connectivity index (χ1) is 12.2. The molecular formula is C18H21ClN4O2. The lowest BCUT2D eigenvalue weighted by Gasteiger charge is -2.29. The molecule has 0 radical (unpaired) electrons. The first-order valence-electron chi connectivity index (χ1n) is 8.40. The van der Waals surface area contributed by atoms with E-state index in [0.717, 1.165) is 31.2 Å². The third-order valence-electron chi connectivity index (χ3n) is 4.20. The number of rotatable bonds is 5. The maximum atomic E-state index is 12.0. The molecule has 1 fully saturated rings. The molecular weight excluding hydrogens is 340 g/mol. The summed E-state index contributed by atoms with van der Waals surface area (Å²) in [6.07, 6.45) is 8.54. The highest BCUT2D eigenvalue weighted by atomic mass is 35.5. The summed E-state index contributed by atoms with van der Waals surface area (Å²) in [5.74, 6) is 0.555. The van der Waals surface area contributed by atoms with Crippen molar-refractivity contribution in [2.24, 2.45) is 0 Å². The Labute approximate surface area is 152 Å². The molecule has 1 saturated carbocycles. The zero-order chi connectivity index (χ0) is 17.5. The molecule has 3 rings (SSSR count). The van der Waals surface area contributed by atoms with Crippen LogP contribution < -0.4 is 15.4 Å². The number of ether oxygens (including phenoxy) is 1. The van der Waals surface area contributed by atoms with Crippen LogP contribution in [0.1, 0.15) is 31.2 Å². The minimum atomic E-state index is -0.145. The van der Waals surface area contributed by atoms with E-state index in [1.807, 2.05) is 24.3 Å². The van der Waals surface area contributed by atoms with Crippen LogP contribution in [0.15, 0.2) is 42.9 Å². The minimum Gasteiger partial charge on any atom is -0.473 e. The molecule has 0 unspecified atom stereocenters. The summed E-state index contributed by atoms with van der Waals surface area (Å²) in [5.41, 5.74) is 1.01. The zero-order valence-electron chi connectivity index (χ0n) is 13.8. The second-order valence-corrected chi connectivity index (χ2v) is 6.53. The predicted molar refractivity (Wildman–Crippen MR) is 95.5 cm³/mol. The number of nitrogens with zero attached hydrogens (tertiary/aromatic N) is 2. The van der Waals surface area contributed by atoms with Crippen molar-refractivity contribution >= 4 is 17.6 Å². The molecule has 1 aromatic carbocycles. The van der Waals surface area contributed by atoms with Gasteiger partial charge in [-0.15, -0.1) is 0 Å². The smallest absolute Gasteiger partial charge is 0.315 e. The van der Waals surface area contributed by atoms with E-state index < -0.39 is 0 Å². The van der Waals surface area contributed by atoms with Crippen molar-refractivity contribution in [1.82, 2.24) is 20.6 Å². The number of hydrogen-bond acceptors (Lipinski definition) is 4. The van der Waals surface area contributed by atoms with Gasteiger partial charge in [0.1, 0.15) is 6.10 Å². The van der Waals surface area contributed by atoms with E-state index in [4.69, 9.17) is 16.3 Å². The molecule has 7 heteroatoms. The Balaban J connectivity index is 1.36. The lowest BCUT2D eigenvalue weighted by Crippen LogP contribution is -2.44. The van der Waals surface area contributed by atoms with E-state index in [1.165, 1.54) is 0 Å². The van der Waals surface area contributed by atoms with Gasteiger partial charge in [-0.3, -0.25) is 4.98 Å². The highest BCUT2D eigenvalue weighted by Crippen LogP contribution is 2.22. The Morgan fingerprint density at radius 3 is 2.60 bits per heavy atom. The van der Waals surface area contributed by atoms with Gasteiger partial charge in [-0.1, -0.05) is 23.7 Å². The Kier molecular flexibility index (Phi) is 6.06. The van der Waals surface area contributed by atoms with Crippen molar-refractivity contribution in [3.63, 3.8) is 0 Å². The molecule has 2 N–H and O–H groups in total. The molecule has 0 atom stereocenters. The zero-order valence-corrected chi connectivity index (χ0v) is 14.6. The van der Waals surface area contributed by atoms with Gasteiger partial charge in [0.15, 0.2) is 0 Å². The van der Waals surface area contributed by atoms with Crippen LogP contribution in [0.3, 0.4) is 0 Å². The molecule has 132 valence electrons. The van der Waals surface area contributed by atoms with Gasteiger partial charge in [-0.05, 0) is 43.4 Å². The molecule has 0 aliphatic heterocycles. The van der Waals surface area contributed by atoms with Gasteiger partial charge >= 0.3 is 6.03 Å². The van der Waals surface area contributed by atoms with Crippen molar-refractivity contribution < 1.29 is 9.53 Å². The van der Waals surface area contributed by atoms with E-state index in [9.17, 15) is 4.79 Å². The molecule has 1 heterocycles. The normalized spacial score (nSPS) is 19.9. The van der Waals surface area contributed by atoms with Crippen molar-refractivity contribution in [2.45, 2.75) is 44.4 Å². The van der Waals surface area contributed by atoms with Gasteiger partial charge < -0.3 is 15.4 Å². The number of carbonyl (C=O) groups is 1. The van der Waals surface area contributed by atoms with Crippen LogP contribution in [0.5, 0.6) is 5.88 Å². The minimum absolute atomic E-state index is 0.131.